The number of benzene rings is 1. The van der Waals surface area contributed by atoms with Crippen molar-refractivity contribution in [2.75, 3.05) is 5.32 Å². The van der Waals surface area contributed by atoms with Crippen molar-refractivity contribution in [3.05, 3.63) is 23.8 Å². The minimum absolute atomic E-state index is 0.0460. The largest absolute Gasteiger partial charge is 0.508 e. The van der Waals surface area contributed by atoms with Gasteiger partial charge in [0.25, 0.3) is 0 Å². The van der Waals surface area contributed by atoms with Gasteiger partial charge in [-0.15, -0.1) is 0 Å². The normalized spacial score (nSPS) is 9.57. The summed E-state index contributed by atoms with van der Waals surface area (Å²) in [5, 5.41) is 21.2. The van der Waals surface area contributed by atoms with Crippen molar-refractivity contribution in [3.8, 4) is 5.75 Å². The fourth-order valence-corrected chi connectivity index (χ4v) is 1.07. The monoisotopic (exact) mass is 213 g/mol. The lowest BCUT2D eigenvalue weighted by Crippen LogP contribution is -2.34. The van der Waals surface area contributed by atoms with Gasteiger partial charge in [0, 0.05) is 11.3 Å². The number of hydrazine groups is 1. The van der Waals surface area contributed by atoms with E-state index in [1.165, 1.54) is 6.07 Å². The molecule has 0 aliphatic rings. The number of aliphatic hydroxyl groups is 1. The molecule has 1 aromatic rings. The topological polar surface area (TPSA) is 90.5 Å². The summed E-state index contributed by atoms with van der Waals surface area (Å²) in [5.41, 5.74) is 3.33. The lowest BCUT2D eigenvalue weighted by atomic mass is 10.2. The molecule has 0 aromatic heterocycles. The van der Waals surface area contributed by atoms with Gasteiger partial charge in [-0.1, -0.05) is 0 Å². The van der Waals surface area contributed by atoms with Crippen molar-refractivity contribution in [2.24, 2.45) is 5.84 Å². The van der Waals surface area contributed by atoms with E-state index < -0.39 is 0 Å². The van der Waals surface area contributed by atoms with Crippen molar-refractivity contribution in [1.82, 2.24) is 5.43 Å². The van der Waals surface area contributed by atoms with Crippen LogP contribution in [0.25, 0.3) is 0 Å². The maximum atomic E-state index is 9.27. The standard InChI is InChI=1S/C8H11N3O2S/c9-11-8(14)10-6-1-2-7(13)5(3-6)4-12/h1-3,12-13H,4,9H2,(H2,10,11,14). The van der Waals surface area contributed by atoms with Crippen molar-refractivity contribution < 1.29 is 10.2 Å². The van der Waals surface area contributed by atoms with Crippen LogP contribution in [0.4, 0.5) is 5.69 Å². The number of aromatic hydroxyl groups is 1. The van der Waals surface area contributed by atoms with Crippen LogP contribution >= 0.6 is 12.2 Å². The number of thiocarbonyl (C=S) groups is 1. The van der Waals surface area contributed by atoms with Gasteiger partial charge >= 0.3 is 0 Å². The molecular formula is C8H11N3O2S. The first kappa shape index (κ1) is 10.7. The van der Waals surface area contributed by atoms with E-state index in [9.17, 15) is 5.11 Å². The molecule has 76 valence electrons. The maximum absolute atomic E-state index is 9.27. The van der Waals surface area contributed by atoms with Gasteiger partial charge in [-0.2, -0.15) is 0 Å². The number of rotatable bonds is 2. The minimum Gasteiger partial charge on any atom is -0.508 e. The number of anilines is 1. The van der Waals surface area contributed by atoms with E-state index in [0.717, 1.165) is 0 Å². The Kier molecular flexibility index (Phi) is 3.63. The van der Waals surface area contributed by atoms with E-state index in [-0.39, 0.29) is 17.5 Å². The summed E-state index contributed by atoms with van der Waals surface area (Å²) in [6.45, 7) is -0.232. The van der Waals surface area contributed by atoms with Crippen LogP contribution in [0.1, 0.15) is 5.56 Å². The molecule has 0 bridgehead atoms. The van der Waals surface area contributed by atoms with Crippen molar-refractivity contribution >= 4 is 23.0 Å². The minimum atomic E-state index is -0.232. The second-order valence-corrected chi connectivity index (χ2v) is 3.01. The van der Waals surface area contributed by atoms with Crippen molar-refractivity contribution in [1.29, 1.82) is 0 Å². The summed E-state index contributed by atoms with van der Waals surface area (Å²) in [7, 11) is 0. The zero-order valence-electron chi connectivity index (χ0n) is 7.32. The number of nitrogens with one attached hydrogen (secondary N) is 2. The highest BCUT2D eigenvalue weighted by Gasteiger charge is 2.02. The molecule has 6 N–H and O–H groups in total. The zero-order valence-corrected chi connectivity index (χ0v) is 8.14. The first-order valence-corrected chi connectivity index (χ1v) is 4.28. The molecular weight excluding hydrogens is 202 g/mol. The van der Waals surface area contributed by atoms with Gasteiger partial charge in [-0.3, -0.25) is 0 Å². The Bertz CT molecular complexity index is 343. The summed E-state index contributed by atoms with van der Waals surface area (Å²) in [4.78, 5) is 0. The number of hydrogen-bond donors (Lipinski definition) is 5. The van der Waals surface area contributed by atoms with Crippen molar-refractivity contribution in [2.45, 2.75) is 6.61 Å². The number of hydrogen-bond acceptors (Lipinski definition) is 4. The van der Waals surface area contributed by atoms with Gasteiger partial charge < -0.3 is 21.0 Å². The summed E-state index contributed by atoms with van der Waals surface area (Å²) in [5.74, 6) is 5.11. The average Bonchev–Trinajstić information content (AvgIpc) is 2.20. The van der Waals surface area contributed by atoms with Gasteiger partial charge in [0.1, 0.15) is 5.75 Å². The molecule has 0 amide bonds. The first-order chi connectivity index (χ1) is 6.67. The lowest BCUT2D eigenvalue weighted by Gasteiger charge is -2.08. The molecule has 0 heterocycles. The van der Waals surface area contributed by atoms with Crippen LogP contribution in [0.3, 0.4) is 0 Å². The van der Waals surface area contributed by atoms with Crippen LogP contribution < -0.4 is 16.6 Å². The molecule has 0 spiro atoms. The molecule has 1 aromatic carbocycles. The van der Waals surface area contributed by atoms with Crippen LogP contribution in [-0.2, 0) is 6.61 Å². The van der Waals surface area contributed by atoms with Gasteiger partial charge in [0.2, 0.25) is 0 Å². The summed E-state index contributed by atoms with van der Waals surface area (Å²) in [6, 6.07) is 4.67. The highest BCUT2D eigenvalue weighted by Crippen LogP contribution is 2.21. The Morgan fingerprint density at radius 3 is 2.79 bits per heavy atom. The second-order valence-electron chi connectivity index (χ2n) is 2.60. The molecule has 0 unspecified atom stereocenters. The summed E-state index contributed by atoms with van der Waals surface area (Å²) in [6.07, 6.45) is 0. The van der Waals surface area contributed by atoms with Gasteiger partial charge in [-0.25, -0.2) is 5.84 Å². The molecule has 5 nitrogen and oxygen atoms in total. The molecule has 0 atom stereocenters. The van der Waals surface area contributed by atoms with Gasteiger partial charge in [0.05, 0.1) is 6.61 Å². The predicted molar refractivity (Wildman–Crippen MR) is 57.6 cm³/mol. The van der Waals surface area contributed by atoms with E-state index in [1.807, 2.05) is 0 Å². The van der Waals surface area contributed by atoms with Crippen LogP contribution in [0.5, 0.6) is 5.75 Å². The predicted octanol–water partition coefficient (Wildman–Crippen LogP) is 0.0446. The highest BCUT2D eigenvalue weighted by molar-refractivity contribution is 7.80. The Balaban J connectivity index is 2.84. The van der Waals surface area contributed by atoms with Crippen molar-refractivity contribution in [3.63, 3.8) is 0 Å². The third kappa shape index (κ3) is 2.56. The quantitative estimate of drug-likeness (QED) is 0.206. The molecule has 0 fully saturated rings. The third-order valence-corrected chi connectivity index (χ3v) is 1.86. The van der Waals surface area contributed by atoms with E-state index >= 15 is 0 Å². The SMILES string of the molecule is NNC(=S)Nc1ccc(O)c(CO)c1. The summed E-state index contributed by atoms with van der Waals surface area (Å²) < 4.78 is 0. The Morgan fingerprint density at radius 2 is 2.21 bits per heavy atom. The van der Waals surface area contributed by atoms with E-state index in [2.05, 4.69) is 10.7 Å². The number of phenols is 1. The maximum Gasteiger partial charge on any atom is 0.185 e. The highest BCUT2D eigenvalue weighted by atomic mass is 32.1. The van der Waals surface area contributed by atoms with E-state index in [4.69, 9.17) is 23.2 Å². The second kappa shape index (κ2) is 4.75. The number of nitrogens with two attached hydrogens (primary N) is 1. The van der Waals surface area contributed by atoms with Crippen LogP contribution in [0.15, 0.2) is 18.2 Å². The fourth-order valence-electron chi connectivity index (χ4n) is 0.957. The molecule has 0 saturated heterocycles. The Labute approximate surface area is 86.5 Å². The molecule has 0 aliphatic carbocycles. The molecule has 0 aliphatic heterocycles. The van der Waals surface area contributed by atoms with Gasteiger partial charge in [-0.05, 0) is 30.4 Å². The lowest BCUT2D eigenvalue weighted by molar-refractivity contribution is 0.275. The van der Waals surface area contributed by atoms with Crippen LogP contribution in [-0.4, -0.2) is 15.3 Å². The summed E-state index contributed by atoms with van der Waals surface area (Å²) >= 11 is 4.78. The number of aliphatic hydroxyl groups excluding tert-OH is 1. The van der Waals surface area contributed by atoms with Crippen LogP contribution in [0.2, 0.25) is 0 Å². The third-order valence-electron chi connectivity index (χ3n) is 1.64. The van der Waals surface area contributed by atoms with Crippen LogP contribution in [0, 0.1) is 0 Å². The Morgan fingerprint density at radius 1 is 1.50 bits per heavy atom. The molecule has 6 heteroatoms. The van der Waals surface area contributed by atoms with Gasteiger partial charge in [0.15, 0.2) is 5.11 Å². The molecule has 0 saturated carbocycles. The molecule has 0 radical (unpaired) electrons. The average molecular weight is 213 g/mol. The smallest absolute Gasteiger partial charge is 0.185 e. The van der Waals surface area contributed by atoms with E-state index in [0.29, 0.717) is 11.3 Å². The Hall–Kier alpha value is -1.37. The fraction of sp³-hybridized carbons (Fsp3) is 0.125. The first-order valence-electron chi connectivity index (χ1n) is 3.87. The molecule has 14 heavy (non-hydrogen) atoms. The zero-order chi connectivity index (χ0) is 10.6. The molecule has 1 rings (SSSR count). The van der Waals surface area contributed by atoms with E-state index in [1.54, 1.807) is 12.1 Å².